The number of anilines is 2. The average molecular weight is 317 g/mol. The van der Waals surface area contributed by atoms with E-state index in [1.165, 1.54) is 6.33 Å². The summed E-state index contributed by atoms with van der Waals surface area (Å²) in [7, 11) is -3.14. The molecule has 0 aromatic carbocycles. The third-order valence-electron chi connectivity index (χ3n) is 2.69. The molecule has 0 saturated heterocycles. The molecule has 1 rings (SSSR count). The molecule has 0 aliphatic heterocycles. The quantitative estimate of drug-likeness (QED) is 0.511. The Morgan fingerprint density at radius 3 is 2.24 bits per heavy atom. The minimum Gasteiger partial charge on any atom is -0.364 e. The van der Waals surface area contributed by atoms with E-state index in [1.807, 2.05) is 6.92 Å². The van der Waals surface area contributed by atoms with Crippen molar-refractivity contribution in [2.45, 2.75) is 20.3 Å². The van der Waals surface area contributed by atoms with Crippen LogP contribution in [0.1, 0.15) is 20.3 Å². The maximum Gasteiger partial charge on any atom is 0.353 e. The molecule has 0 radical (unpaired) electrons. The molecule has 1 heterocycles. The Morgan fingerprint density at radius 2 is 1.76 bits per heavy atom. The van der Waals surface area contributed by atoms with Gasteiger partial charge in [-0.05, 0) is 6.42 Å². The molecular weight excluding hydrogens is 298 g/mol. The van der Waals surface area contributed by atoms with Gasteiger partial charge < -0.3 is 10.6 Å². The molecule has 0 atom stereocenters. The van der Waals surface area contributed by atoms with Crippen LogP contribution in [0.25, 0.3) is 0 Å². The second-order valence-corrected chi connectivity index (χ2v) is 6.74. The molecule has 0 unspecified atom stereocenters. The van der Waals surface area contributed by atoms with Gasteiger partial charge in [0.1, 0.15) is 6.33 Å². The third-order valence-corrected chi connectivity index (χ3v) is 4.40. The topological polar surface area (TPSA) is 127 Å². The number of nitro groups is 1. The van der Waals surface area contributed by atoms with Crippen molar-refractivity contribution in [3.8, 4) is 0 Å². The van der Waals surface area contributed by atoms with Crippen LogP contribution in [-0.2, 0) is 9.84 Å². The average Bonchev–Trinajstić information content (AvgIpc) is 2.44. The van der Waals surface area contributed by atoms with Crippen molar-refractivity contribution in [1.29, 1.82) is 0 Å². The lowest BCUT2D eigenvalue weighted by Crippen LogP contribution is -2.18. The van der Waals surface area contributed by atoms with E-state index in [2.05, 4.69) is 20.6 Å². The summed E-state index contributed by atoms with van der Waals surface area (Å²) < 4.78 is 22.8. The Morgan fingerprint density at radius 1 is 1.19 bits per heavy atom. The second kappa shape index (κ2) is 7.72. The Bertz CT molecular complexity index is 590. The Labute approximate surface area is 123 Å². The maximum atomic E-state index is 11.4. The van der Waals surface area contributed by atoms with E-state index >= 15 is 0 Å². The highest BCUT2D eigenvalue weighted by atomic mass is 32.2. The number of sulfone groups is 1. The van der Waals surface area contributed by atoms with E-state index < -0.39 is 14.8 Å². The first-order valence-electron chi connectivity index (χ1n) is 6.58. The normalized spacial score (nSPS) is 11.1. The van der Waals surface area contributed by atoms with Gasteiger partial charge in [0.2, 0.25) is 11.6 Å². The van der Waals surface area contributed by atoms with Crippen LogP contribution in [-0.4, -0.2) is 47.9 Å². The van der Waals surface area contributed by atoms with Crippen LogP contribution in [0, 0.1) is 10.1 Å². The minimum absolute atomic E-state index is 0.0138. The molecule has 9 nitrogen and oxygen atoms in total. The summed E-state index contributed by atoms with van der Waals surface area (Å²) in [5.74, 6) is 0.0595. The van der Waals surface area contributed by atoms with Crippen LogP contribution in [0.2, 0.25) is 0 Å². The van der Waals surface area contributed by atoms with Crippen molar-refractivity contribution < 1.29 is 13.3 Å². The van der Waals surface area contributed by atoms with Crippen molar-refractivity contribution in [2.75, 3.05) is 35.2 Å². The van der Waals surface area contributed by atoms with Crippen molar-refractivity contribution in [1.82, 2.24) is 9.97 Å². The van der Waals surface area contributed by atoms with Crippen LogP contribution in [0.3, 0.4) is 0 Å². The van der Waals surface area contributed by atoms with Gasteiger partial charge in [-0.2, -0.15) is 0 Å². The number of aromatic nitrogens is 2. The number of nitrogens with one attached hydrogen (secondary N) is 2. The van der Waals surface area contributed by atoms with Gasteiger partial charge in [-0.1, -0.05) is 13.8 Å². The van der Waals surface area contributed by atoms with E-state index in [0.29, 0.717) is 6.54 Å². The molecule has 0 bridgehead atoms. The summed E-state index contributed by atoms with van der Waals surface area (Å²) in [5, 5.41) is 16.7. The fourth-order valence-corrected chi connectivity index (χ4v) is 2.22. The first-order chi connectivity index (χ1) is 9.91. The van der Waals surface area contributed by atoms with Crippen LogP contribution in [0.5, 0.6) is 0 Å². The van der Waals surface area contributed by atoms with Crippen LogP contribution < -0.4 is 10.6 Å². The minimum atomic E-state index is -3.14. The van der Waals surface area contributed by atoms with E-state index in [9.17, 15) is 18.5 Å². The van der Waals surface area contributed by atoms with Gasteiger partial charge in [0, 0.05) is 18.8 Å². The first-order valence-corrected chi connectivity index (χ1v) is 8.41. The van der Waals surface area contributed by atoms with E-state index in [-0.39, 0.29) is 35.4 Å². The van der Waals surface area contributed by atoms with Crippen LogP contribution in [0.4, 0.5) is 17.3 Å². The summed E-state index contributed by atoms with van der Waals surface area (Å²) in [6.07, 6.45) is 1.99. The van der Waals surface area contributed by atoms with Crippen molar-refractivity contribution in [3.05, 3.63) is 16.4 Å². The lowest BCUT2D eigenvalue weighted by atomic mass is 10.4. The van der Waals surface area contributed by atoms with E-state index in [1.54, 1.807) is 6.92 Å². The number of hydrogen-bond donors (Lipinski definition) is 2. The zero-order valence-electron chi connectivity index (χ0n) is 12.0. The van der Waals surface area contributed by atoms with Crippen molar-refractivity contribution in [2.24, 2.45) is 0 Å². The second-order valence-electron chi connectivity index (χ2n) is 4.27. The molecule has 2 N–H and O–H groups in total. The zero-order valence-corrected chi connectivity index (χ0v) is 12.8. The molecule has 1 aromatic rings. The summed E-state index contributed by atoms with van der Waals surface area (Å²) in [6, 6.07) is 0. The third kappa shape index (κ3) is 5.14. The van der Waals surface area contributed by atoms with Crippen molar-refractivity contribution >= 4 is 27.2 Å². The summed E-state index contributed by atoms with van der Waals surface area (Å²) in [5.41, 5.74) is -0.278. The monoisotopic (exact) mass is 317 g/mol. The van der Waals surface area contributed by atoms with Gasteiger partial charge in [0.05, 0.1) is 10.7 Å². The molecule has 0 fully saturated rings. The van der Waals surface area contributed by atoms with E-state index in [4.69, 9.17) is 0 Å². The fourth-order valence-electron chi connectivity index (χ4n) is 1.52. The van der Waals surface area contributed by atoms with Gasteiger partial charge in [-0.15, -0.1) is 0 Å². The predicted octanol–water partition coefficient (Wildman–Crippen LogP) is 1.05. The Balaban J connectivity index is 2.88. The highest BCUT2D eigenvalue weighted by molar-refractivity contribution is 7.91. The summed E-state index contributed by atoms with van der Waals surface area (Å²) in [6.45, 7) is 4.08. The molecule has 0 saturated carbocycles. The van der Waals surface area contributed by atoms with Gasteiger partial charge in [-0.25, -0.2) is 18.4 Å². The largest absolute Gasteiger partial charge is 0.364 e. The lowest BCUT2D eigenvalue weighted by Gasteiger charge is -2.09. The SMILES string of the molecule is CCCNc1ncnc(NCCS(=O)(=O)CC)c1[N+](=O)[O-]. The molecule has 0 amide bonds. The maximum absolute atomic E-state index is 11.4. The smallest absolute Gasteiger partial charge is 0.353 e. The number of nitrogens with zero attached hydrogens (tertiary/aromatic N) is 3. The highest BCUT2D eigenvalue weighted by Crippen LogP contribution is 2.28. The van der Waals surface area contributed by atoms with Gasteiger partial charge >= 0.3 is 5.69 Å². The lowest BCUT2D eigenvalue weighted by molar-refractivity contribution is -0.383. The molecule has 1 aromatic heterocycles. The van der Waals surface area contributed by atoms with Gasteiger partial charge in [0.15, 0.2) is 9.84 Å². The van der Waals surface area contributed by atoms with E-state index in [0.717, 1.165) is 6.42 Å². The molecule has 21 heavy (non-hydrogen) atoms. The highest BCUT2D eigenvalue weighted by Gasteiger charge is 2.22. The molecule has 0 aliphatic rings. The molecule has 0 aliphatic carbocycles. The van der Waals surface area contributed by atoms with Gasteiger partial charge in [-0.3, -0.25) is 10.1 Å². The van der Waals surface area contributed by atoms with Crippen LogP contribution >= 0.6 is 0 Å². The molecule has 0 spiro atoms. The number of hydrogen-bond acceptors (Lipinski definition) is 8. The molecular formula is C11H19N5O4S. The van der Waals surface area contributed by atoms with Crippen molar-refractivity contribution in [3.63, 3.8) is 0 Å². The molecule has 10 heteroatoms. The fraction of sp³-hybridized carbons (Fsp3) is 0.636. The van der Waals surface area contributed by atoms with Crippen LogP contribution in [0.15, 0.2) is 6.33 Å². The summed E-state index contributed by atoms with van der Waals surface area (Å²) in [4.78, 5) is 18.2. The standard InChI is InChI=1S/C11H19N5O4S/c1-3-5-12-10-9(16(17)18)11(15-8-14-10)13-6-7-21(19,20)4-2/h8H,3-7H2,1-2H3,(H2,12,13,14,15). The first kappa shape index (κ1) is 17.1. The summed E-state index contributed by atoms with van der Waals surface area (Å²) >= 11 is 0. The van der Waals surface area contributed by atoms with Gasteiger partial charge in [0.25, 0.3) is 0 Å². The molecule has 118 valence electrons. The Hall–Kier alpha value is -1.97. The number of rotatable bonds is 9. The zero-order chi connectivity index (χ0) is 15.9. The predicted molar refractivity (Wildman–Crippen MR) is 80.3 cm³/mol. The Kier molecular flexibility index (Phi) is 6.28.